The number of Topliss-reactive ketones (excluding diaryl/α,β-unsaturated/α-hetero) is 1. The highest BCUT2D eigenvalue weighted by atomic mass is 16.5. The highest BCUT2D eigenvalue weighted by molar-refractivity contribution is 6.09. The molecular formula is C26H23NO5. The second-order valence-corrected chi connectivity index (χ2v) is 8.65. The summed E-state index contributed by atoms with van der Waals surface area (Å²) in [6.07, 6.45) is 5.01. The summed E-state index contributed by atoms with van der Waals surface area (Å²) >= 11 is 0. The molecule has 5 atom stereocenters. The van der Waals surface area contributed by atoms with Gasteiger partial charge in [0.2, 0.25) is 11.8 Å². The van der Waals surface area contributed by atoms with E-state index in [1.54, 1.807) is 30.3 Å². The topological polar surface area (TPSA) is 80.8 Å². The van der Waals surface area contributed by atoms with Gasteiger partial charge < -0.3 is 4.74 Å². The fourth-order valence-electron chi connectivity index (χ4n) is 5.29. The van der Waals surface area contributed by atoms with E-state index >= 15 is 0 Å². The van der Waals surface area contributed by atoms with Gasteiger partial charge in [0, 0.05) is 12.0 Å². The van der Waals surface area contributed by atoms with Crippen LogP contribution >= 0.6 is 0 Å². The Labute approximate surface area is 185 Å². The number of benzene rings is 2. The van der Waals surface area contributed by atoms with Gasteiger partial charge in [-0.15, -0.1) is 0 Å². The van der Waals surface area contributed by atoms with Crippen molar-refractivity contribution in [1.82, 2.24) is 4.90 Å². The molecule has 3 aliphatic rings. The summed E-state index contributed by atoms with van der Waals surface area (Å²) in [6, 6.07) is 16.7. The Hall–Kier alpha value is -3.54. The molecule has 2 aromatic carbocycles. The standard InChI is InChI=1S/C26H23NO5/c28-21(17-9-5-2-6-10-17)15-32-26(31)20(13-16-7-3-1-4-8-16)27-24(29)22-18-11-12-19(14-18)23(22)25(27)30/h1-12,18-20,22-23H,13-15H2/t18-,19-,20-,22+,23+/m0/s1. The van der Waals surface area contributed by atoms with Gasteiger partial charge in [-0.3, -0.25) is 19.3 Å². The molecule has 0 spiro atoms. The zero-order valence-electron chi connectivity index (χ0n) is 17.4. The van der Waals surface area contributed by atoms with Crippen LogP contribution in [-0.2, 0) is 25.5 Å². The fourth-order valence-corrected chi connectivity index (χ4v) is 5.29. The van der Waals surface area contributed by atoms with Crippen molar-refractivity contribution < 1.29 is 23.9 Å². The molecule has 2 fully saturated rings. The predicted octanol–water partition coefficient (Wildman–Crippen LogP) is 2.83. The van der Waals surface area contributed by atoms with Gasteiger partial charge in [-0.2, -0.15) is 0 Å². The molecule has 0 unspecified atom stereocenters. The van der Waals surface area contributed by atoms with Crippen LogP contribution in [0, 0.1) is 23.7 Å². The zero-order valence-corrected chi connectivity index (χ0v) is 17.4. The van der Waals surface area contributed by atoms with Gasteiger partial charge >= 0.3 is 5.97 Å². The molecule has 0 radical (unpaired) electrons. The molecule has 5 rings (SSSR count). The molecule has 2 aliphatic carbocycles. The smallest absolute Gasteiger partial charge is 0.330 e. The zero-order chi connectivity index (χ0) is 22.2. The Morgan fingerprint density at radius 3 is 2.03 bits per heavy atom. The summed E-state index contributed by atoms with van der Waals surface area (Å²) in [5.74, 6) is -2.35. The SMILES string of the molecule is O=C(COC(=O)[C@H](Cc1ccccc1)N1C(=O)[C@H]2[C@H](C1=O)[C@H]1C=C[C@H]2C1)c1ccccc1. The van der Waals surface area contributed by atoms with E-state index in [2.05, 4.69) is 0 Å². The molecule has 1 saturated heterocycles. The normalized spacial score (nSPS) is 26.3. The van der Waals surface area contributed by atoms with Crippen LogP contribution in [0.1, 0.15) is 22.3 Å². The summed E-state index contributed by atoms with van der Waals surface area (Å²) < 4.78 is 5.34. The Morgan fingerprint density at radius 1 is 0.875 bits per heavy atom. The Kier molecular flexibility index (Phi) is 5.21. The first-order chi connectivity index (χ1) is 15.5. The third kappa shape index (κ3) is 3.45. The molecule has 6 heteroatoms. The number of amides is 2. The summed E-state index contributed by atoms with van der Waals surface area (Å²) in [7, 11) is 0. The number of allylic oxidation sites excluding steroid dienone is 2. The van der Waals surface area contributed by atoms with E-state index in [0.29, 0.717) is 5.56 Å². The average Bonchev–Trinajstić information content (AvgIpc) is 3.51. The molecular weight excluding hydrogens is 406 g/mol. The molecule has 2 aromatic rings. The van der Waals surface area contributed by atoms with Crippen LogP contribution < -0.4 is 0 Å². The summed E-state index contributed by atoms with van der Waals surface area (Å²) in [5, 5.41) is 0. The minimum absolute atomic E-state index is 0.0551. The molecule has 6 nitrogen and oxygen atoms in total. The highest BCUT2D eigenvalue weighted by Gasteiger charge is 2.61. The monoisotopic (exact) mass is 429 g/mol. The van der Waals surface area contributed by atoms with Crippen molar-refractivity contribution in [2.75, 3.05) is 6.61 Å². The lowest BCUT2D eigenvalue weighted by Crippen LogP contribution is -2.48. The molecule has 2 bridgehead atoms. The molecule has 0 N–H and O–H groups in total. The van der Waals surface area contributed by atoms with Crippen molar-refractivity contribution >= 4 is 23.6 Å². The van der Waals surface area contributed by atoms with Crippen LogP contribution in [0.5, 0.6) is 0 Å². The quantitative estimate of drug-likeness (QED) is 0.293. The van der Waals surface area contributed by atoms with Gasteiger partial charge in [-0.05, 0) is 23.8 Å². The van der Waals surface area contributed by atoms with Crippen molar-refractivity contribution in [3.05, 3.63) is 83.9 Å². The summed E-state index contributed by atoms with van der Waals surface area (Å²) in [5.41, 5.74) is 1.24. The number of carbonyl (C=O) groups is 4. The number of carbonyl (C=O) groups excluding carboxylic acids is 4. The van der Waals surface area contributed by atoms with E-state index in [9.17, 15) is 19.2 Å². The number of hydrogen-bond donors (Lipinski definition) is 0. The number of hydrogen-bond acceptors (Lipinski definition) is 5. The number of ether oxygens (including phenoxy) is 1. The number of nitrogens with zero attached hydrogens (tertiary/aromatic N) is 1. The minimum atomic E-state index is -1.09. The van der Waals surface area contributed by atoms with Crippen molar-refractivity contribution in [1.29, 1.82) is 0 Å². The maximum absolute atomic E-state index is 13.3. The van der Waals surface area contributed by atoms with Gasteiger partial charge in [0.05, 0.1) is 11.8 Å². The Bertz CT molecular complexity index is 1060. The van der Waals surface area contributed by atoms with Crippen LogP contribution in [0.15, 0.2) is 72.8 Å². The van der Waals surface area contributed by atoms with Crippen molar-refractivity contribution in [3.8, 4) is 0 Å². The van der Waals surface area contributed by atoms with Crippen LogP contribution in [0.2, 0.25) is 0 Å². The first kappa shape index (κ1) is 20.4. The molecule has 32 heavy (non-hydrogen) atoms. The number of esters is 1. The first-order valence-corrected chi connectivity index (χ1v) is 10.9. The molecule has 2 amide bonds. The average molecular weight is 429 g/mol. The number of imide groups is 1. The minimum Gasteiger partial charge on any atom is -0.456 e. The van der Waals surface area contributed by atoms with Gasteiger partial charge in [0.1, 0.15) is 6.04 Å². The van der Waals surface area contributed by atoms with E-state index in [1.807, 2.05) is 42.5 Å². The van der Waals surface area contributed by atoms with Crippen molar-refractivity contribution in [3.63, 3.8) is 0 Å². The lowest BCUT2D eigenvalue weighted by molar-refractivity contribution is -0.158. The van der Waals surface area contributed by atoms with Crippen molar-refractivity contribution in [2.45, 2.75) is 18.9 Å². The largest absolute Gasteiger partial charge is 0.456 e. The van der Waals surface area contributed by atoms with E-state index in [1.165, 1.54) is 0 Å². The Morgan fingerprint density at radius 2 is 1.44 bits per heavy atom. The van der Waals surface area contributed by atoms with E-state index in [0.717, 1.165) is 16.9 Å². The number of rotatable bonds is 7. The summed E-state index contributed by atoms with van der Waals surface area (Å²) in [6.45, 7) is -0.440. The maximum Gasteiger partial charge on any atom is 0.330 e. The Balaban J connectivity index is 1.37. The van der Waals surface area contributed by atoms with E-state index in [-0.39, 0.29) is 35.9 Å². The molecule has 1 saturated carbocycles. The van der Waals surface area contributed by atoms with Crippen LogP contribution in [0.4, 0.5) is 0 Å². The molecule has 1 aliphatic heterocycles. The predicted molar refractivity (Wildman–Crippen MR) is 115 cm³/mol. The van der Waals surface area contributed by atoms with Crippen molar-refractivity contribution in [2.24, 2.45) is 23.7 Å². The summed E-state index contributed by atoms with van der Waals surface area (Å²) in [4.78, 5) is 53.2. The van der Waals surface area contributed by atoms with Gasteiger partial charge in [-0.1, -0.05) is 72.8 Å². The highest BCUT2D eigenvalue weighted by Crippen LogP contribution is 2.53. The molecule has 0 aromatic heterocycles. The van der Waals surface area contributed by atoms with Crippen LogP contribution in [-0.4, -0.2) is 41.1 Å². The first-order valence-electron chi connectivity index (χ1n) is 10.9. The molecule has 1 heterocycles. The second-order valence-electron chi connectivity index (χ2n) is 8.65. The van der Waals surface area contributed by atoms with Gasteiger partial charge in [0.25, 0.3) is 0 Å². The third-order valence-corrected chi connectivity index (χ3v) is 6.80. The number of ketones is 1. The van der Waals surface area contributed by atoms with Gasteiger partial charge in [-0.25, -0.2) is 4.79 Å². The maximum atomic E-state index is 13.3. The van der Waals surface area contributed by atoms with E-state index in [4.69, 9.17) is 4.74 Å². The van der Waals surface area contributed by atoms with Gasteiger partial charge in [0.15, 0.2) is 12.4 Å². The third-order valence-electron chi connectivity index (χ3n) is 6.80. The fraction of sp³-hybridized carbons (Fsp3) is 0.308. The lowest BCUT2D eigenvalue weighted by Gasteiger charge is -2.26. The second kappa shape index (κ2) is 8.19. The number of likely N-dealkylation sites (tertiary alicyclic amines) is 1. The molecule has 162 valence electrons. The van der Waals surface area contributed by atoms with E-state index < -0.39 is 30.5 Å². The number of fused-ring (bicyclic) bond motifs is 5. The lowest BCUT2D eigenvalue weighted by atomic mass is 9.85. The van der Waals surface area contributed by atoms with Crippen LogP contribution in [0.25, 0.3) is 0 Å². The van der Waals surface area contributed by atoms with Crippen LogP contribution in [0.3, 0.4) is 0 Å².